The van der Waals surface area contributed by atoms with Crippen LogP contribution in [-0.2, 0) is 0 Å². The standard InChI is InChI=1S/C20H23N5S/c1-20(2,3)25-19-23-17(14-7-6-10-21-13-14)12-18(24-19)22-15-8-5-9-16(11-15)26-4/h5-13H,1-4H3,(H2,22,23,24,25). The Labute approximate surface area is 158 Å². The van der Waals surface area contributed by atoms with E-state index >= 15 is 0 Å². The summed E-state index contributed by atoms with van der Waals surface area (Å²) in [6, 6.07) is 14.1. The molecule has 2 aromatic heterocycles. The maximum atomic E-state index is 4.66. The first-order valence-electron chi connectivity index (χ1n) is 8.42. The Morgan fingerprint density at radius 3 is 2.54 bits per heavy atom. The molecule has 0 bridgehead atoms. The van der Waals surface area contributed by atoms with E-state index in [-0.39, 0.29) is 5.54 Å². The predicted octanol–water partition coefficient (Wildman–Crippen LogP) is 5.21. The number of aromatic nitrogens is 3. The smallest absolute Gasteiger partial charge is 0.225 e. The fraction of sp³-hybridized carbons (Fsp3) is 0.250. The summed E-state index contributed by atoms with van der Waals surface area (Å²) in [5.74, 6) is 1.33. The van der Waals surface area contributed by atoms with E-state index in [1.165, 1.54) is 4.90 Å². The zero-order chi connectivity index (χ0) is 18.6. The Morgan fingerprint density at radius 1 is 1.00 bits per heavy atom. The number of hydrogen-bond donors (Lipinski definition) is 2. The van der Waals surface area contributed by atoms with Crippen LogP contribution in [-0.4, -0.2) is 26.7 Å². The first-order valence-corrected chi connectivity index (χ1v) is 9.64. The van der Waals surface area contributed by atoms with Gasteiger partial charge in [-0.25, -0.2) is 4.98 Å². The molecular formula is C20H23N5S. The van der Waals surface area contributed by atoms with Crippen molar-refractivity contribution in [2.75, 3.05) is 16.9 Å². The second-order valence-corrected chi connectivity index (χ2v) is 7.82. The minimum atomic E-state index is -0.135. The van der Waals surface area contributed by atoms with Crippen LogP contribution >= 0.6 is 11.8 Å². The second-order valence-electron chi connectivity index (χ2n) is 6.94. The molecule has 134 valence electrons. The third kappa shape index (κ3) is 4.95. The fourth-order valence-electron chi connectivity index (χ4n) is 2.41. The number of rotatable bonds is 5. The highest BCUT2D eigenvalue weighted by Crippen LogP contribution is 2.26. The Morgan fingerprint density at radius 2 is 1.85 bits per heavy atom. The molecule has 2 N–H and O–H groups in total. The predicted molar refractivity (Wildman–Crippen MR) is 110 cm³/mol. The van der Waals surface area contributed by atoms with Crippen LogP contribution in [0.25, 0.3) is 11.3 Å². The lowest BCUT2D eigenvalue weighted by atomic mass is 10.1. The lowest BCUT2D eigenvalue weighted by Gasteiger charge is -2.21. The molecule has 5 nitrogen and oxygen atoms in total. The molecule has 1 aromatic carbocycles. The lowest BCUT2D eigenvalue weighted by Crippen LogP contribution is -2.27. The maximum Gasteiger partial charge on any atom is 0.225 e. The molecule has 0 spiro atoms. The summed E-state index contributed by atoms with van der Waals surface area (Å²) in [6.07, 6.45) is 5.63. The molecule has 3 aromatic rings. The van der Waals surface area contributed by atoms with Gasteiger partial charge in [0.2, 0.25) is 5.95 Å². The quantitative estimate of drug-likeness (QED) is 0.605. The van der Waals surface area contributed by atoms with Gasteiger partial charge in [0, 0.05) is 40.1 Å². The van der Waals surface area contributed by atoms with Gasteiger partial charge in [0.1, 0.15) is 5.82 Å². The first-order chi connectivity index (χ1) is 12.4. The summed E-state index contributed by atoms with van der Waals surface area (Å²) in [6.45, 7) is 6.26. The number of hydrogen-bond acceptors (Lipinski definition) is 6. The van der Waals surface area contributed by atoms with E-state index in [4.69, 9.17) is 0 Å². The minimum Gasteiger partial charge on any atom is -0.350 e. The van der Waals surface area contributed by atoms with Gasteiger partial charge in [-0.3, -0.25) is 4.98 Å². The van der Waals surface area contributed by atoms with E-state index in [0.717, 1.165) is 22.8 Å². The van der Waals surface area contributed by atoms with Crippen LogP contribution in [0.2, 0.25) is 0 Å². The van der Waals surface area contributed by atoms with Crippen molar-refractivity contribution in [1.82, 2.24) is 15.0 Å². The van der Waals surface area contributed by atoms with Crippen molar-refractivity contribution in [3.05, 3.63) is 54.9 Å². The third-order valence-electron chi connectivity index (χ3n) is 3.51. The molecule has 26 heavy (non-hydrogen) atoms. The molecule has 2 heterocycles. The van der Waals surface area contributed by atoms with Crippen LogP contribution in [0, 0.1) is 0 Å². The maximum absolute atomic E-state index is 4.66. The average Bonchev–Trinajstić information content (AvgIpc) is 2.61. The van der Waals surface area contributed by atoms with E-state index in [0.29, 0.717) is 5.95 Å². The highest BCUT2D eigenvalue weighted by Gasteiger charge is 2.14. The summed E-state index contributed by atoms with van der Waals surface area (Å²) >= 11 is 1.71. The Hall–Kier alpha value is -2.60. The van der Waals surface area contributed by atoms with Crippen molar-refractivity contribution >= 4 is 29.2 Å². The van der Waals surface area contributed by atoms with Gasteiger partial charge in [0.25, 0.3) is 0 Å². The van der Waals surface area contributed by atoms with E-state index in [2.05, 4.69) is 64.7 Å². The van der Waals surface area contributed by atoms with Crippen molar-refractivity contribution in [2.45, 2.75) is 31.2 Å². The normalized spacial score (nSPS) is 11.2. The van der Waals surface area contributed by atoms with E-state index in [1.54, 1.807) is 24.2 Å². The molecule has 0 aliphatic heterocycles. The number of nitrogens with one attached hydrogen (secondary N) is 2. The number of benzene rings is 1. The van der Waals surface area contributed by atoms with E-state index < -0.39 is 0 Å². The number of thioether (sulfide) groups is 1. The largest absolute Gasteiger partial charge is 0.350 e. The highest BCUT2D eigenvalue weighted by atomic mass is 32.2. The topological polar surface area (TPSA) is 62.7 Å². The van der Waals surface area contributed by atoms with Gasteiger partial charge < -0.3 is 10.6 Å². The minimum absolute atomic E-state index is 0.135. The van der Waals surface area contributed by atoms with Crippen LogP contribution < -0.4 is 10.6 Å². The van der Waals surface area contributed by atoms with Crippen molar-refractivity contribution in [1.29, 1.82) is 0 Å². The Bertz CT molecular complexity index is 875. The molecule has 0 amide bonds. The monoisotopic (exact) mass is 365 g/mol. The van der Waals surface area contributed by atoms with Gasteiger partial charge in [-0.05, 0) is 57.4 Å². The molecule has 3 rings (SSSR count). The Kier molecular flexibility index (Phi) is 5.42. The Balaban J connectivity index is 1.98. The van der Waals surface area contributed by atoms with Gasteiger partial charge in [-0.1, -0.05) is 6.07 Å². The average molecular weight is 366 g/mol. The van der Waals surface area contributed by atoms with Crippen molar-refractivity contribution in [3.63, 3.8) is 0 Å². The zero-order valence-electron chi connectivity index (χ0n) is 15.4. The van der Waals surface area contributed by atoms with Crippen molar-refractivity contribution < 1.29 is 0 Å². The summed E-state index contributed by atoms with van der Waals surface area (Å²) in [7, 11) is 0. The first kappa shape index (κ1) is 18.2. The van der Waals surface area contributed by atoms with Crippen LogP contribution in [0.4, 0.5) is 17.5 Å². The van der Waals surface area contributed by atoms with Crippen molar-refractivity contribution in [2.24, 2.45) is 0 Å². The number of anilines is 3. The molecule has 0 unspecified atom stereocenters. The van der Waals surface area contributed by atoms with Gasteiger partial charge in [0.05, 0.1) is 5.69 Å². The molecule has 0 radical (unpaired) electrons. The molecule has 0 fully saturated rings. The third-order valence-corrected chi connectivity index (χ3v) is 4.24. The van der Waals surface area contributed by atoms with Crippen LogP contribution in [0.5, 0.6) is 0 Å². The summed E-state index contributed by atoms with van der Waals surface area (Å²) < 4.78 is 0. The van der Waals surface area contributed by atoms with E-state index in [1.807, 2.05) is 30.3 Å². The lowest BCUT2D eigenvalue weighted by molar-refractivity contribution is 0.626. The molecule has 0 aliphatic rings. The molecule has 0 atom stereocenters. The van der Waals surface area contributed by atoms with Crippen LogP contribution in [0.3, 0.4) is 0 Å². The molecule has 0 saturated heterocycles. The van der Waals surface area contributed by atoms with Crippen molar-refractivity contribution in [3.8, 4) is 11.3 Å². The van der Waals surface area contributed by atoms with Crippen LogP contribution in [0.1, 0.15) is 20.8 Å². The second kappa shape index (κ2) is 7.74. The SMILES string of the molecule is CSc1cccc(Nc2cc(-c3cccnc3)nc(NC(C)(C)C)n2)c1. The van der Waals surface area contributed by atoms with E-state index in [9.17, 15) is 0 Å². The fourth-order valence-corrected chi connectivity index (χ4v) is 2.87. The zero-order valence-corrected chi connectivity index (χ0v) is 16.3. The summed E-state index contributed by atoms with van der Waals surface area (Å²) in [5, 5.41) is 6.74. The molecular weight excluding hydrogens is 342 g/mol. The summed E-state index contributed by atoms with van der Waals surface area (Å²) in [4.78, 5) is 14.7. The van der Waals surface area contributed by atoms with Crippen LogP contribution in [0.15, 0.2) is 59.8 Å². The summed E-state index contributed by atoms with van der Waals surface area (Å²) in [5.41, 5.74) is 2.63. The van der Waals surface area contributed by atoms with Gasteiger partial charge in [0.15, 0.2) is 0 Å². The van der Waals surface area contributed by atoms with Gasteiger partial charge in [-0.2, -0.15) is 4.98 Å². The molecule has 0 aliphatic carbocycles. The number of nitrogens with zero attached hydrogens (tertiary/aromatic N) is 3. The number of pyridine rings is 1. The molecule has 0 saturated carbocycles. The van der Waals surface area contributed by atoms with Gasteiger partial charge >= 0.3 is 0 Å². The highest BCUT2D eigenvalue weighted by molar-refractivity contribution is 7.98. The molecule has 6 heteroatoms. The van der Waals surface area contributed by atoms with Gasteiger partial charge in [-0.15, -0.1) is 11.8 Å².